The van der Waals surface area contributed by atoms with Gasteiger partial charge < -0.3 is 10.2 Å². The average molecular weight is 326 g/mol. The number of nitro benzene ring substituents is 1. The number of anilines is 1. The molecule has 0 unspecified atom stereocenters. The molecule has 1 aromatic rings. The first-order valence-corrected chi connectivity index (χ1v) is 8.58. The monoisotopic (exact) mass is 326 g/mol. The fourth-order valence-electron chi connectivity index (χ4n) is 3.25. The van der Waals surface area contributed by atoms with E-state index < -0.39 is 14.9 Å². The van der Waals surface area contributed by atoms with Gasteiger partial charge in [-0.05, 0) is 31.0 Å². The molecule has 1 aromatic carbocycles. The van der Waals surface area contributed by atoms with Crippen LogP contribution < -0.4 is 14.9 Å². The largest absolute Gasteiger partial charge is 0.365 e. The molecular weight excluding hydrogens is 308 g/mol. The predicted octanol–water partition coefficient (Wildman–Crippen LogP) is 0.159. The van der Waals surface area contributed by atoms with Gasteiger partial charge in [-0.15, -0.1) is 0 Å². The highest BCUT2D eigenvalue weighted by Crippen LogP contribution is 2.36. The fraction of sp³-hybridized carbons (Fsp3) is 0.538. The molecule has 2 aliphatic rings. The smallest absolute Gasteiger partial charge is 0.293 e. The number of benzene rings is 1. The lowest BCUT2D eigenvalue weighted by Gasteiger charge is -2.20. The number of nitrogens with one attached hydrogen (secondary N) is 2. The van der Waals surface area contributed by atoms with Gasteiger partial charge in [0.2, 0.25) is 10.0 Å². The fourth-order valence-corrected chi connectivity index (χ4v) is 4.00. The number of nitro groups is 1. The lowest BCUT2D eigenvalue weighted by Crippen LogP contribution is -2.26. The molecule has 2 atom stereocenters. The predicted molar refractivity (Wildman–Crippen MR) is 81.4 cm³/mol. The molecule has 0 spiro atoms. The normalized spacial score (nSPS) is 24.5. The van der Waals surface area contributed by atoms with Crippen molar-refractivity contribution in [2.75, 3.05) is 38.1 Å². The van der Waals surface area contributed by atoms with Crippen molar-refractivity contribution in [3.63, 3.8) is 0 Å². The Kier molecular flexibility index (Phi) is 3.79. The molecule has 8 nitrogen and oxygen atoms in total. The Bertz CT molecular complexity index is 694. The van der Waals surface area contributed by atoms with Gasteiger partial charge in [0.25, 0.3) is 5.69 Å². The molecule has 2 saturated heterocycles. The zero-order valence-electron chi connectivity index (χ0n) is 12.2. The third-order valence-electron chi connectivity index (χ3n) is 4.45. The summed E-state index contributed by atoms with van der Waals surface area (Å²) in [5, 5.41) is 14.7. The van der Waals surface area contributed by atoms with E-state index in [-0.39, 0.29) is 10.6 Å². The highest BCUT2D eigenvalue weighted by atomic mass is 32.2. The number of hydrogen-bond donors (Lipinski definition) is 2. The van der Waals surface area contributed by atoms with Crippen molar-refractivity contribution in [3.05, 3.63) is 28.3 Å². The maximum atomic E-state index is 11.8. The molecule has 0 saturated carbocycles. The molecule has 9 heteroatoms. The number of rotatable bonds is 4. The molecule has 22 heavy (non-hydrogen) atoms. The van der Waals surface area contributed by atoms with Crippen LogP contribution in [0.5, 0.6) is 0 Å². The van der Waals surface area contributed by atoms with Gasteiger partial charge in [0.05, 0.1) is 9.82 Å². The van der Waals surface area contributed by atoms with Gasteiger partial charge in [0.1, 0.15) is 5.69 Å². The maximum absolute atomic E-state index is 11.8. The van der Waals surface area contributed by atoms with E-state index in [1.54, 1.807) is 0 Å². The second kappa shape index (κ2) is 5.49. The van der Waals surface area contributed by atoms with Crippen molar-refractivity contribution in [3.8, 4) is 0 Å². The Morgan fingerprint density at radius 1 is 1.32 bits per heavy atom. The lowest BCUT2D eigenvalue weighted by atomic mass is 10.0. The van der Waals surface area contributed by atoms with E-state index in [9.17, 15) is 18.5 Å². The van der Waals surface area contributed by atoms with Crippen LogP contribution in [0.4, 0.5) is 11.4 Å². The Morgan fingerprint density at radius 3 is 2.50 bits per heavy atom. The van der Waals surface area contributed by atoms with Crippen LogP contribution in [0.1, 0.15) is 0 Å². The summed E-state index contributed by atoms with van der Waals surface area (Å²) < 4.78 is 25.8. The molecule has 2 heterocycles. The summed E-state index contributed by atoms with van der Waals surface area (Å²) in [6.45, 7) is 3.38. The second-order valence-corrected chi connectivity index (χ2v) is 7.59. The quantitative estimate of drug-likeness (QED) is 0.603. The molecule has 0 bridgehead atoms. The maximum Gasteiger partial charge on any atom is 0.293 e. The summed E-state index contributed by atoms with van der Waals surface area (Å²) in [5.74, 6) is 1.00. The van der Waals surface area contributed by atoms with E-state index in [4.69, 9.17) is 0 Å². The van der Waals surface area contributed by atoms with Crippen LogP contribution in [-0.2, 0) is 10.0 Å². The van der Waals surface area contributed by atoms with Crippen LogP contribution >= 0.6 is 0 Å². The Hall–Kier alpha value is -1.71. The minimum absolute atomic E-state index is 0.0912. The minimum Gasteiger partial charge on any atom is -0.365 e. The Morgan fingerprint density at radius 2 is 1.95 bits per heavy atom. The lowest BCUT2D eigenvalue weighted by molar-refractivity contribution is -0.384. The van der Waals surface area contributed by atoms with Crippen molar-refractivity contribution in [2.24, 2.45) is 11.8 Å². The third kappa shape index (κ3) is 2.55. The van der Waals surface area contributed by atoms with Gasteiger partial charge in [-0.25, -0.2) is 13.1 Å². The van der Waals surface area contributed by atoms with Gasteiger partial charge in [-0.3, -0.25) is 10.1 Å². The summed E-state index contributed by atoms with van der Waals surface area (Å²) in [4.78, 5) is 12.7. The SMILES string of the molecule is CNS(=O)(=O)c1ccc(N2C[C@H]3CNC[C@H]3C2)c([N+](=O)[O-])c1. The zero-order valence-corrected chi connectivity index (χ0v) is 13.0. The van der Waals surface area contributed by atoms with Crippen molar-refractivity contribution in [2.45, 2.75) is 4.90 Å². The minimum atomic E-state index is -3.69. The molecule has 2 N–H and O–H groups in total. The molecule has 3 rings (SSSR count). The van der Waals surface area contributed by atoms with E-state index in [0.717, 1.165) is 32.2 Å². The molecule has 2 aliphatic heterocycles. The molecule has 0 radical (unpaired) electrons. The first-order valence-electron chi connectivity index (χ1n) is 7.10. The Labute approximate surface area is 128 Å². The van der Waals surface area contributed by atoms with Crippen molar-refractivity contribution in [1.29, 1.82) is 0 Å². The molecule has 0 aromatic heterocycles. The number of hydrogen-bond acceptors (Lipinski definition) is 6. The average Bonchev–Trinajstić information content (AvgIpc) is 3.07. The third-order valence-corrected chi connectivity index (χ3v) is 5.86. The summed E-state index contributed by atoms with van der Waals surface area (Å²) >= 11 is 0. The summed E-state index contributed by atoms with van der Waals surface area (Å²) in [6, 6.07) is 4.09. The molecular formula is C13H18N4O4S. The zero-order chi connectivity index (χ0) is 15.9. The molecule has 120 valence electrons. The molecule has 0 aliphatic carbocycles. The second-order valence-electron chi connectivity index (χ2n) is 5.70. The van der Waals surface area contributed by atoms with Gasteiger partial charge >= 0.3 is 0 Å². The summed E-state index contributed by atoms with van der Waals surface area (Å²) in [5.41, 5.74) is 0.332. The van der Waals surface area contributed by atoms with Crippen LogP contribution in [0.3, 0.4) is 0 Å². The summed E-state index contributed by atoms with van der Waals surface area (Å²) in [7, 11) is -2.41. The highest BCUT2D eigenvalue weighted by Gasteiger charge is 2.38. The van der Waals surface area contributed by atoms with Crippen molar-refractivity contribution in [1.82, 2.24) is 10.0 Å². The van der Waals surface area contributed by atoms with Gasteiger partial charge in [0, 0.05) is 32.2 Å². The highest BCUT2D eigenvalue weighted by molar-refractivity contribution is 7.89. The van der Waals surface area contributed by atoms with Crippen molar-refractivity contribution < 1.29 is 13.3 Å². The first kappa shape index (κ1) is 15.2. The van der Waals surface area contributed by atoms with Crippen LogP contribution in [0, 0.1) is 22.0 Å². The van der Waals surface area contributed by atoms with E-state index >= 15 is 0 Å². The van der Waals surface area contributed by atoms with Crippen LogP contribution in [0.2, 0.25) is 0 Å². The van der Waals surface area contributed by atoms with Gasteiger partial charge in [-0.1, -0.05) is 0 Å². The number of nitrogens with zero attached hydrogens (tertiary/aromatic N) is 2. The van der Waals surface area contributed by atoms with E-state index in [1.165, 1.54) is 19.2 Å². The van der Waals surface area contributed by atoms with Gasteiger partial charge in [0.15, 0.2) is 0 Å². The number of sulfonamides is 1. The van der Waals surface area contributed by atoms with E-state index in [1.807, 2.05) is 4.90 Å². The van der Waals surface area contributed by atoms with Crippen molar-refractivity contribution >= 4 is 21.4 Å². The first-order chi connectivity index (χ1) is 10.4. The van der Waals surface area contributed by atoms with Crippen LogP contribution in [0.25, 0.3) is 0 Å². The van der Waals surface area contributed by atoms with Crippen LogP contribution in [-0.4, -0.2) is 46.6 Å². The summed E-state index contributed by atoms with van der Waals surface area (Å²) in [6.07, 6.45) is 0. The standard InChI is InChI=1S/C13H18N4O4S/c1-14-22(20,21)11-2-3-12(13(4-11)17(18)19)16-7-9-5-15-6-10(9)8-16/h2-4,9-10,14-15H,5-8H2,1H3/t9-,10+. The van der Waals surface area contributed by atoms with Crippen LogP contribution in [0.15, 0.2) is 23.1 Å². The van der Waals surface area contributed by atoms with E-state index in [0.29, 0.717) is 17.5 Å². The Balaban J connectivity index is 1.96. The topological polar surface area (TPSA) is 105 Å². The number of fused-ring (bicyclic) bond motifs is 1. The molecule has 0 amide bonds. The van der Waals surface area contributed by atoms with E-state index in [2.05, 4.69) is 10.0 Å². The van der Waals surface area contributed by atoms with Gasteiger partial charge in [-0.2, -0.15) is 0 Å². The molecule has 2 fully saturated rings.